The fourth-order valence-electron chi connectivity index (χ4n) is 2.84. The third kappa shape index (κ3) is 4.81. The molecular formula is C19H22ClN3O4. The second-order valence-electron chi connectivity index (χ2n) is 6.12. The molecule has 3 rings (SSSR count). The van der Waals surface area contributed by atoms with Gasteiger partial charge in [-0.15, -0.1) is 0 Å². The number of rotatable bonds is 6. The van der Waals surface area contributed by atoms with Crippen LogP contribution in [0.4, 0.5) is 17.2 Å². The van der Waals surface area contributed by atoms with E-state index < -0.39 is 0 Å². The molecule has 2 aromatic rings. The average molecular weight is 392 g/mol. The normalized spacial score (nSPS) is 14.5. The zero-order valence-corrected chi connectivity index (χ0v) is 16.0. The van der Waals surface area contributed by atoms with Crippen molar-refractivity contribution >= 4 is 34.7 Å². The van der Waals surface area contributed by atoms with Crippen molar-refractivity contribution < 1.29 is 19.0 Å². The molecule has 1 aromatic carbocycles. The number of carbonyl (C=O) groups excluding carboxylic acids is 1. The number of carbonyl (C=O) groups is 1. The Balaban J connectivity index is 1.68. The van der Waals surface area contributed by atoms with Gasteiger partial charge in [-0.2, -0.15) is 0 Å². The van der Waals surface area contributed by atoms with E-state index in [-0.39, 0.29) is 11.8 Å². The molecule has 1 amide bonds. The van der Waals surface area contributed by atoms with Gasteiger partial charge in [0.15, 0.2) is 0 Å². The van der Waals surface area contributed by atoms with E-state index in [1.54, 1.807) is 44.7 Å². The predicted molar refractivity (Wildman–Crippen MR) is 104 cm³/mol. The maximum atomic E-state index is 12.3. The number of ether oxygens (including phenoxy) is 3. The van der Waals surface area contributed by atoms with Crippen LogP contribution in [0.2, 0.25) is 5.02 Å². The molecule has 1 aliphatic heterocycles. The van der Waals surface area contributed by atoms with Gasteiger partial charge in [-0.3, -0.25) is 4.79 Å². The van der Waals surface area contributed by atoms with Gasteiger partial charge in [-0.05, 0) is 25.0 Å². The highest BCUT2D eigenvalue weighted by molar-refractivity contribution is 6.32. The molecule has 2 N–H and O–H groups in total. The van der Waals surface area contributed by atoms with Gasteiger partial charge >= 0.3 is 0 Å². The zero-order chi connectivity index (χ0) is 19.2. The minimum absolute atomic E-state index is 0.00455. The third-order valence-electron chi connectivity index (χ3n) is 4.36. The molecule has 1 fully saturated rings. The lowest BCUT2D eigenvalue weighted by Crippen LogP contribution is -2.28. The number of pyridine rings is 1. The molecule has 0 radical (unpaired) electrons. The van der Waals surface area contributed by atoms with E-state index in [9.17, 15) is 4.79 Å². The monoisotopic (exact) mass is 391 g/mol. The van der Waals surface area contributed by atoms with E-state index in [0.717, 1.165) is 12.8 Å². The largest absolute Gasteiger partial charge is 0.495 e. The van der Waals surface area contributed by atoms with Gasteiger partial charge in [-0.1, -0.05) is 11.6 Å². The molecule has 7 nitrogen and oxygen atoms in total. The van der Waals surface area contributed by atoms with Crippen LogP contribution in [0.1, 0.15) is 12.8 Å². The second kappa shape index (κ2) is 8.92. The first-order valence-corrected chi connectivity index (χ1v) is 9.01. The van der Waals surface area contributed by atoms with Crippen molar-refractivity contribution in [2.24, 2.45) is 5.92 Å². The van der Waals surface area contributed by atoms with Crippen LogP contribution in [-0.2, 0) is 9.53 Å². The highest BCUT2D eigenvalue weighted by Gasteiger charge is 2.21. The molecule has 1 aliphatic rings. The molecule has 0 saturated carbocycles. The lowest BCUT2D eigenvalue weighted by atomic mass is 9.99. The summed E-state index contributed by atoms with van der Waals surface area (Å²) in [5.41, 5.74) is 1.32. The summed E-state index contributed by atoms with van der Waals surface area (Å²) in [4.78, 5) is 16.6. The Kier molecular flexibility index (Phi) is 6.36. The first-order valence-electron chi connectivity index (χ1n) is 8.64. The molecule has 2 heterocycles. The average Bonchev–Trinajstić information content (AvgIpc) is 2.71. The molecule has 1 aromatic heterocycles. The molecule has 1 saturated heterocycles. The molecule has 0 unspecified atom stereocenters. The number of hydrogen-bond acceptors (Lipinski definition) is 6. The summed E-state index contributed by atoms with van der Waals surface area (Å²) in [7, 11) is 3.11. The number of benzene rings is 1. The van der Waals surface area contributed by atoms with Gasteiger partial charge in [0.1, 0.15) is 17.3 Å². The lowest BCUT2D eigenvalue weighted by Gasteiger charge is -2.21. The summed E-state index contributed by atoms with van der Waals surface area (Å²) in [6.07, 6.45) is 3.10. The highest BCUT2D eigenvalue weighted by Crippen LogP contribution is 2.37. The van der Waals surface area contributed by atoms with Gasteiger partial charge in [0.25, 0.3) is 0 Å². The van der Waals surface area contributed by atoms with E-state index in [2.05, 4.69) is 15.6 Å². The summed E-state index contributed by atoms with van der Waals surface area (Å²) in [6, 6.07) is 6.99. The van der Waals surface area contributed by atoms with E-state index in [0.29, 0.717) is 46.9 Å². The van der Waals surface area contributed by atoms with Crippen LogP contribution in [0.3, 0.4) is 0 Å². The van der Waals surface area contributed by atoms with Crippen molar-refractivity contribution in [3.63, 3.8) is 0 Å². The maximum Gasteiger partial charge on any atom is 0.227 e. The minimum Gasteiger partial charge on any atom is -0.495 e. The molecule has 8 heteroatoms. The summed E-state index contributed by atoms with van der Waals surface area (Å²) in [5.74, 6) is 1.69. The van der Waals surface area contributed by atoms with Gasteiger partial charge in [0.2, 0.25) is 5.91 Å². The summed E-state index contributed by atoms with van der Waals surface area (Å²) < 4.78 is 15.9. The number of halogens is 1. The van der Waals surface area contributed by atoms with Crippen LogP contribution in [0.25, 0.3) is 0 Å². The maximum absolute atomic E-state index is 12.3. The number of hydrogen-bond donors (Lipinski definition) is 2. The highest BCUT2D eigenvalue weighted by atomic mass is 35.5. The minimum atomic E-state index is -0.0117. The molecule has 0 atom stereocenters. The quantitative estimate of drug-likeness (QED) is 0.778. The SMILES string of the molecule is COc1cc(Nc2ccc(NC(=O)C3CCOCC3)cn2)c(OC)cc1Cl. The van der Waals surface area contributed by atoms with Crippen molar-refractivity contribution in [1.82, 2.24) is 4.98 Å². The standard InChI is InChI=1S/C19H22ClN3O4/c1-25-16-10-15(17(26-2)9-14(16)20)23-18-4-3-13(11-21-18)22-19(24)12-5-7-27-8-6-12/h3-4,9-12H,5-8H2,1-2H3,(H,21,23)(H,22,24). The van der Waals surface area contributed by atoms with E-state index in [1.807, 2.05) is 0 Å². The van der Waals surface area contributed by atoms with Crippen molar-refractivity contribution in [2.45, 2.75) is 12.8 Å². The van der Waals surface area contributed by atoms with Crippen LogP contribution < -0.4 is 20.1 Å². The molecular weight excluding hydrogens is 370 g/mol. The van der Waals surface area contributed by atoms with E-state index in [1.165, 1.54) is 0 Å². The number of anilines is 3. The van der Waals surface area contributed by atoms with Crippen LogP contribution >= 0.6 is 11.6 Å². The van der Waals surface area contributed by atoms with Crippen LogP contribution in [0.5, 0.6) is 11.5 Å². The van der Waals surface area contributed by atoms with Crippen molar-refractivity contribution in [1.29, 1.82) is 0 Å². The van der Waals surface area contributed by atoms with Crippen LogP contribution in [0.15, 0.2) is 30.5 Å². The summed E-state index contributed by atoms with van der Waals surface area (Å²) in [5, 5.41) is 6.53. The van der Waals surface area contributed by atoms with E-state index in [4.69, 9.17) is 25.8 Å². The second-order valence-corrected chi connectivity index (χ2v) is 6.53. The van der Waals surface area contributed by atoms with Gasteiger partial charge in [0, 0.05) is 31.3 Å². The fourth-order valence-corrected chi connectivity index (χ4v) is 3.07. The van der Waals surface area contributed by atoms with Crippen LogP contribution in [-0.4, -0.2) is 38.3 Å². The molecule has 144 valence electrons. The van der Waals surface area contributed by atoms with Crippen molar-refractivity contribution in [3.8, 4) is 11.5 Å². The van der Waals surface area contributed by atoms with Gasteiger partial charge in [0.05, 0.1) is 36.8 Å². The van der Waals surface area contributed by atoms with Crippen molar-refractivity contribution in [3.05, 3.63) is 35.5 Å². The predicted octanol–water partition coefficient (Wildman–Crippen LogP) is 3.86. The number of amides is 1. The summed E-state index contributed by atoms with van der Waals surface area (Å²) in [6.45, 7) is 1.26. The Hall–Kier alpha value is -2.51. The third-order valence-corrected chi connectivity index (χ3v) is 4.66. The Bertz CT molecular complexity index is 792. The molecule has 27 heavy (non-hydrogen) atoms. The Morgan fingerprint density at radius 2 is 1.93 bits per heavy atom. The number of nitrogens with zero attached hydrogens (tertiary/aromatic N) is 1. The number of aromatic nitrogens is 1. The first-order chi connectivity index (χ1) is 13.1. The van der Waals surface area contributed by atoms with E-state index >= 15 is 0 Å². The van der Waals surface area contributed by atoms with Crippen molar-refractivity contribution in [2.75, 3.05) is 38.1 Å². The Morgan fingerprint density at radius 3 is 2.56 bits per heavy atom. The smallest absolute Gasteiger partial charge is 0.227 e. The lowest BCUT2D eigenvalue weighted by molar-refractivity contribution is -0.122. The zero-order valence-electron chi connectivity index (χ0n) is 15.3. The number of nitrogens with one attached hydrogen (secondary N) is 2. The number of methoxy groups -OCH3 is 2. The van der Waals surface area contributed by atoms with Crippen LogP contribution in [0, 0.1) is 5.92 Å². The Morgan fingerprint density at radius 1 is 1.19 bits per heavy atom. The fraction of sp³-hybridized carbons (Fsp3) is 0.368. The summed E-state index contributed by atoms with van der Waals surface area (Å²) >= 11 is 6.12. The molecule has 0 bridgehead atoms. The Labute approximate surface area is 163 Å². The first kappa shape index (κ1) is 19.3. The molecule has 0 aliphatic carbocycles. The van der Waals surface area contributed by atoms with Gasteiger partial charge < -0.3 is 24.8 Å². The molecule has 0 spiro atoms. The topological polar surface area (TPSA) is 81.7 Å². The van der Waals surface area contributed by atoms with Gasteiger partial charge in [-0.25, -0.2) is 4.98 Å².